The van der Waals surface area contributed by atoms with Crippen LogP contribution in [-0.4, -0.2) is 64.7 Å². The largest absolute Gasteiger partial charge is 0.614 e. The summed E-state index contributed by atoms with van der Waals surface area (Å²) in [5, 5.41) is 2.08. The molecule has 1 fully saturated rings. The van der Waals surface area contributed by atoms with E-state index < -0.39 is 48.7 Å². The van der Waals surface area contributed by atoms with E-state index in [4.69, 9.17) is 9.16 Å². The van der Waals surface area contributed by atoms with Crippen LogP contribution in [0.15, 0.2) is 41.6 Å². The zero-order valence-corrected chi connectivity index (χ0v) is 20.2. The van der Waals surface area contributed by atoms with Crippen LogP contribution in [0.2, 0.25) is 19.6 Å². The van der Waals surface area contributed by atoms with Crippen LogP contribution in [0.5, 0.6) is 5.75 Å². The Morgan fingerprint density at radius 3 is 2.57 bits per heavy atom. The smallest absolute Gasteiger partial charge is 0.342 e. The average molecular weight is 515 g/mol. The van der Waals surface area contributed by atoms with Crippen LogP contribution >= 0.6 is 15.9 Å². The number of nitrogens with one attached hydrogen (secondary N) is 1. The Hall–Kier alpha value is -1.82. The Morgan fingerprint density at radius 1 is 1.30 bits per heavy atom. The number of hydrogen-bond donors (Lipinski definition) is 1. The molecule has 0 aliphatic carbocycles. The van der Waals surface area contributed by atoms with E-state index in [1.165, 1.54) is 4.90 Å². The van der Waals surface area contributed by atoms with Crippen molar-refractivity contribution in [2.75, 3.05) is 17.7 Å². The number of fused-ring (bicyclic) bond motifs is 1. The molecule has 11 heteroatoms. The average Bonchev–Trinajstić information content (AvgIpc) is 2.69. The fraction of sp³-hybridized carbons (Fsp3) is 0.421. The second-order valence-electron chi connectivity index (χ2n) is 7.86. The van der Waals surface area contributed by atoms with Gasteiger partial charge in [-0.05, 0) is 42.9 Å². The van der Waals surface area contributed by atoms with Gasteiger partial charge in [0.05, 0.1) is 0 Å². The van der Waals surface area contributed by atoms with Gasteiger partial charge in [-0.2, -0.15) is 0 Å². The van der Waals surface area contributed by atoms with Crippen LogP contribution in [0.1, 0.15) is 0 Å². The van der Waals surface area contributed by atoms with Gasteiger partial charge in [0.25, 0.3) is 11.8 Å². The van der Waals surface area contributed by atoms with Crippen molar-refractivity contribution >= 4 is 53.2 Å². The second kappa shape index (κ2) is 9.12. The maximum atomic E-state index is 12.8. The van der Waals surface area contributed by atoms with Crippen LogP contribution in [0.25, 0.3) is 0 Å². The molecule has 0 radical (unpaired) electrons. The van der Waals surface area contributed by atoms with Crippen LogP contribution in [-0.2, 0) is 30.0 Å². The van der Waals surface area contributed by atoms with Gasteiger partial charge >= 0.3 is 5.97 Å². The Bertz CT molecular complexity index is 876. The maximum absolute atomic E-state index is 12.8. The number of carbonyl (C=O) groups is 3. The summed E-state index contributed by atoms with van der Waals surface area (Å²) in [6, 6.07) is 7.84. The number of amides is 2. The van der Waals surface area contributed by atoms with Crippen molar-refractivity contribution in [1.29, 1.82) is 0 Å². The summed E-state index contributed by atoms with van der Waals surface area (Å²) in [5.74, 6) is -0.923. The lowest BCUT2D eigenvalue weighted by Gasteiger charge is -2.49. The van der Waals surface area contributed by atoms with E-state index in [9.17, 15) is 18.9 Å². The van der Waals surface area contributed by atoms with E-state index in [0.717, 1.165) is 0 Å². The van der Waals surface area contributed by atoms with Crippen LogP contribution in [0, 0.1) is 0 Å². The highest BCUT2D eigenvalue weighted by Crippen LogP contribution is 2.38. The van der Waals surface area contributed by atoms with Gasteiger partial charge in [0.15, 0.2) is 12.6 Å². The van der Waals surface area contributed by atoms with Crippen LogP contribution < -0.4 is 10.1 Å². The fourth-order valence-electron chi connectivity index (χ4n) is 3.15. The first-order valence-corrected chi connectivity index (χ1v) is 15.2. The molecule has 0 saturated carbocycles. The van der Waals surface area contributed by atoms with Gasteiger partial charge in [-0.25, -0.2) is 4.79 Å². The molecule has 2 unspecified atom stereocenters. The number of halogens is 1. The van der Waals surface area contributed by atoms with Crippen molar-refractivity contribution in [3.8, 4) is 5.75 Å². The third-order valence-corrected chi connectivity index (χ3v) is 7.52. The first-order valence-electron chi connectivity index (χ1n) is 9.31. The standard InChI is InChI=1S/C19H23BrN2O6SSi/c1-30(2,3)28-19(25)16-12(9-20)11-29(26)18-15(17(24)22(16)18)21-14(23)10-27-13-7-5-4-6-8-13/h4-8,15,18H,9-11H2,1-3H3,(H,21,23)/t15?,18-,29?/m0/s1. The highest BCUT2D eigenvalue weighted by Gasteiger charge is 2.61. The highest BCUT2D eigenvalue weighted by atomic mass is 79.9. The summed E-state index contributed by atoms with van der Waals surface area (Å²) in [6.45, 7) is 5.32. The number of carbonyl (C=O) groups excluding carboxylic acids is 3. The number of ether oxygens (including phenoxy) is 1. The minimum Gasteiger partial charge on any atom is -0.614 e. The number of benzene rings is 1. The minimum atomic E-state index is -2.20. The Balaban J connectivity index is 1.70. The summed E-state index contributed by atoms with van der Waals surface area (Å²) < 4.78 is 23.7. The first-order chi connectivity index (χ1) is 14.1. The van der Waals surface area contributed by atoms with Crippen molar-refractivity contribution in [3.63, 3.8) is 0 Å². The number of para-hydroxylation sites is 1. The van der Waals surface area contributed by atoms with E-state index in [1.807, 2.05) is 25.7 Å². The van der Waals surface area contributed by atoms with Crippen LogP contribution in [0.3, 0.4) is 0 Å². The molecule has 3 rings (SSSR count). The van der Waals surface area contributed by atoms with Gasteiger partial charge in [-0.3, -0.25) is 14.5 Å². The summed E-state index contributed by atoms with van der Waals surface area (Å²) in [4.78, 5) is 39.0. The lowest BCUT2D eigenvalue weighted by Crippen LogP contribution is -2.75. The van der Waals surface area contributed by atoms with Gasteiger partial charge in [0, 0.05) is 10.9 Å². The quantitative estimate of drug-likeness (QED) is 0.255. The van der Waals surface area contributed by atoms with Crippen LogP contribution in [0.4, 0.5) is 0 Å². The molecular formula is C19H23BrN2O6SSi. The molecule has 2 aliphatic heterocycles. The molecule has 2 heterocycles. The first kappa shape index (κ1) is 22.9. The molecule has 8 nitrogen and oxygen atoms in total. The third kappa shape index (κ3) is 4.90. The van der Waals surface area contributed by atoms with Crippen molar-refractivity contribution in [3.05, 3.63) is 41.6 Å². The number of nitrogens with zero attached hydrogens (tertiary/aromatic N) is 1. The molecule has 1 saturated heterocycles. The number of hydrogen-bond acceptors (Lipinski definition) is 6. The summed E-state index contributed by atoms with van der Waals surface area (Å²) in [7, 11) is -2.20. The Labute approximate surface area is 187 Å². The fourth-order valence-corrected chi connectivity index (χ4v) is 6.22. The van der Waals surface area contributed by atoms with Gasteiger partial charge in [0.1, 0.15) is 17.2 Å². The van der Waals surface area contributed by atoms with Gasteiger partial charge < -0.3 is 19.0 Å². The lowest BCUT2D eigenvalue weighted by molar-refractivity contribution is -0.150. The number of β-lactam (4-membered cyclic amide) rings is 1. The second-order valence-corrected chi connectivity index (χ2v) is 14.4. The Kier molecular flexibility index (Phi) is 6.95. The molecule has 2 amide bonds. The predicted molar refractivity (Wildman–Crippen MR) is 118 cm³/mol. The number of rotatable bonds is 7. The van der Waals surface area contributed by atoms with E-state index >= 15 is 0 Å². The highest BCUT2D eigenvalue weighted by molar-refractivity contribution is 9.09. The van der Waals surface area contributed by atoms with E-state index in [-0.39, 0.29) is 18.1 Å². The monoisotopic (exact) mass is 514 g/mol. The van der Waals surface area contributed by atoms with E-state index in [0.29, 0.717) is 16.7 Å². The van der Waals surface area contributed by atoms with Crippen molar-refractivity contribution < 1.29 is 28.1 Å². The molecule has 0 spiro atoms. The summed E-state index contributed by atoms with van der Waals surface area (Å²) in [5.41, 5.74) is 0.688. The lowest BCUT2D eigenvalue weighted by atomic mass is 10.0. The number of alkyl halides is 1. The molecule has 1 aromatic carbocycles. The van der Waals surface area contributed by atoms with E-state index in [2.05, 4.69) is 21.2 Å². The summed E-state index contributed by atoms with van der Waals surface area (Å²) in [6.07, 6.45) is 0. The molecule has 0 aromatic heterocycles. The van der Waals surface area contributed by atoms with Gasteiger partial charge in [-0.1, -0.05) is 34.1 Å². The Morgan fingerprint density at radius 2 is 1.97 bits per heavy atom. The summed E-state index contributed by atoms with van der Waals surface area (Å²) >= 11 is 1.84. The van der Waals surface area contributed by atoms with Crippen molar-refractivity contribution in [2.45, 2.75) is 31.1 Å². The topological polar surface area (TPSA) is 108 Å². The van der Waals surface area contributed by atoms with Gasteiger partial charge in [-0.15, -0.1) is 0 Å². The minimum absolute atomic E-state index is 0.128. The molecule has 30 heavy (non-hydrogen) atoms. The third-order valence-electron chi connectivity index (χ3n) is 4.39. The molecule has 0 bridgehead atoms. The van der Waals surface area contributed by atoms with Crippen molar-refractivity contribution in [1.82, 2.24) is 10.2 Å². The van der Waals surface area contributed by atoms with Crippen molar-refractivity contribution in [2.24, 2.45) is 0 Å². The van der Waals surface area contributed by atoms with E-state index in [1.54, 1.807) is 24.3 Å². The molecule has 1 aromatic rings. The zero-order valence-electron chi connectivity index (χ0n) is 16.8. The normalized spacial score (nSPS) is 23.4. The molecule has 162 valence electrons. The van der Waals surface area contributed by atoms with Gasteiger partial charge in [0.2, 0.25) is 13.7 Å². The molecule has 2 aliphatic rings. The predicted octanol–water partition coefficient (Wildman–Crippen LogP) is 1.51. The zero-order chi connectivity index (χ0) is 22.1. The maximum Gasteiger partial charge on any atom is 0.342 e. The molecule has 1 N–H and O–H groups in total. The SMILES string of the molecule is C[Si](C)(C)OC(=O)C1=C(CBr)C[S+]([O-])[C@H]2C(NC(=O)COc3ccccc3)C(=O)N12. The molecule has 3 atom stereocenters. The molecular weight excluding hydrogens is 492 g/mol.